The number of aryl methyl sites for hydroxylation is 1. The molecule has 0 aliphatic carbocycles. The molecule has 0 atom stereocenters. The second kappa shape index (κ2) is 7.35. The molecule has 0 aliphatic heterocycles. The molecule has 0 saturated heterocycles. The Hall–Kier alpha value is -2.47. The number of anilines is 2. The maximum atomic E-state index is 11.9. The van der Waals surface area contributed by atoms with Gasteiger partial charge in [0.15, 0.2) is 0 Å². The third kappa shape index (κ3) is 4.54. The molecule has 6 nitrogen and oxygen atoms in total. The van der Waals surface area contributed by atoms with E-state index in [1.54, 1.807) is 13.2 Å². The van der Waals surface area contributed by atoms with Gasteiger partial charge >= 0.3 is 0 Å². The fourth-order valence-corrected chi connectivity index (χ4v) is 1.69. The quantitative estimate of drug-likeness (QED) is 0.793. The smallest absolute Gasteiger partial charge is 0.270 e. The Morgan fingerprint density at radius 1 is 1.24 bits per heavy atom. The molecule has 110 valence electrons. The molecule has 2 aromatic rings. The Labute approximate surface area is 123 Å². The van der Waals surface area contributed by atoms with Crippen molar-refractivity contribution in [3.05, 3.63) is 47.9 Å². The highest BCUT2D eigenvalue weighted by Crippen LogP contribution is 2.15. The Morgan fingerprint density at radius 3 is 2.71 bits per heavy atom. The Morgan fingerprint density at radius 2 is 2.00 bits per heavy atom. The SMILES string of the molecule is COCCNC(=O)c1cc(Nc2ccc(C)cc2)ncn1. The zero-order valence-corrected chi connectivity index (χ0v) is 12.1. The highest BCUT2D eigenvalue weighted by atomic mass is 16.5. The lowest BCUT2D eigenvalue weighted by Crippen LogP contribution is -2.27. The second-order valence-electron chi connectivity index (χ2n) is 4.53. The van der Waals surface area contributed by atoms with Gasteiger partial charge in [-0.15, -0.1) is 0 Å². The van der Waals surface area contributed by atoms with Crippen LogP contribution in [0, 0.1) is 6.92 Å². The van der Waals surface area contributed by atoms with Crippen molar-refractivity contribution in [2.45, 2.75) is 6.92 Å². The zero-order chi connectivity index (χ0) is 15.1. The molecule has 0 unspecified atom stereocenters. The highest BCUT2D eigenvalue weighted by Gasteiger charge is 2.08. The topological polar surface area (TPSA) is 76.1 Å². The Balaban J connectivity index is 2.03. The summed E-state index contributed by atoms with van der Waals surface area (Å²) in [5.41, 5.74) is 2.40. The summed E-state index contributed by atoms with van der Waals surface area (Å²) in [6.45, 7) is 2.93. The number of nitrogens with zero attached hydrogens (tertiary/aromatic N) is 2. The monoisotopic (exact) mass is 286 g/mol. The maximum absolute atomic E-state index is 11.9. The number of methoxy groups -OCH3 is 1. The lowest BCUT2D eigenvalue weighted by atomic mass is 10.2. The summed E-state index contributed by atoms with van der Waals surface area (Å²) in [5.74, 6) is 0.326. The lowest BCUT2D eigenvalue weighted by Gasteiger charge is -2.07. The van der Waals surface area contributed by atoms with Gasteiger partial charge in [0.1, 0.15) is 17.8 Å². The van der Waals surface area contributed by atoms with Crippen LogP contribution >= 0.6 is 0 Å². The molecule has 0 spiro atoms. The number of nitrogens with one attached hydrogen (secondary N) is 2. The van der Waals surface area contributed by atoms with Gasteiger partial charge in [-0.2, -0.15) is 0 Å². The van der Waals surface area contributed by atoms with E-state index in [4.69, 9.17) is 4.74 Å². The molecule has 2 N–H and O–H groups in total. The number of aromatic nitrogens is 2. The molecule has 1 amide bonds. The molecule has 0 aliphatic rings. The van der Waals surface area contributed by atoms with Crippen molar-refractivity contribution in [2.75, 3.05) is 25.6 Å². The van der Waals surface area contributed by atoms with E-state index in [0.29, 0.717) is 24.7 Å². The molecule has 6 heteroatoms. The summed E-state index contributed by atoms with van der Waals surface area (Å²) in [4.78, 5) is 20.0. The molecule has 0 radical (unpaired) electrons. The van der Waals surface area contributed by atoms with Gasteiger partial charge in [-0.05, 0) is 19.1 Å². The number of hydrogen-bond acceptors (Lipinski definition) is 5. The number of benzene rings is 1. The van der Waals surface area contributed by atoms with E-state index in [0.717, 1.165) is 5.69 Å². The van der Waals surface area contributed by atoms with E-state index in [9.17, 15) is 4.79 Å². The summed E-state index contributed by atoms with van der Waals surface area (Å²) in [6, 6.07) is 9.53. The van der Waals surface area contributed by atoms with Gasteiger partial charge in [0.05, 0.1) is 6.61 Å². The number of ether oxygens (including phenoxy) is 1. The van der Waals surface area contributed by atoms with Crippen LogP contribution in [0.1, 0.15) is 16.1 Å². The van der Waals surface area contributed by atoms with Crippen molar-refractivity contribution in [1.29, 1.82) is 0 Å². The summed E-state index contributed by atoms with van der Waals surface area (Å²) < 4.78 is 4.88. The molecule has 0 bridgehead atoms. The van der Waals surface area contributed by atoms with Gasteiger partial charge in [0.2, 0.25) is 0 Å². The standard InChI is InChI=1S/C15H18N4O2/c1-11-3-5-12(6-4-11)19-14-9-13(17-10-18-14)15(20)16-7-8-21-2/h3-6,9-10H,7-8H2,1-2H3,(H,16,20)(H,17,18,19). The first-order valence-corrected chi connectivity index (χ1v) is 6.62. The fourth-order valence-electron chi connectivity index (χ4n) is 1.69. The first-order chi connectivity index (χ1) is 10.2. The minimum atomic E-state index is -0.249. The van der Waals surface area contributed by atoms with E-state index in [2.05, 4.69) is 20.6 Å². The fraction of sp³-hybridized carbons (Fsp3) is 0.267. The van der Waals surface area contributed by atoms with Crippen LogP contribution in [0.25, 0.3) is 0 Å². The number of carbonyl (C=O) groups is 1. The second-order valence-corrected chi connectivity index (χ2v) is 4.53. The van der Waals surface area contributed by atoms with E-state index < -0.39 is 0 Å². The predicted octanol–water partition coefficient (Wildman–Crippen LogP) is 1.90. The van der Waals surface area contributed by atoms with Crippen LogP contribution in [-0.4, -0.2) is 36.1 Å². The van der Waals surface area contributed by atoms with Gasteiger partial charge < -0.3 is 15.4 Å². The van der Waals surface area contributed by atoms with Crippen molar-refractivity contribution < 1.29 is 9.53 Å². The third-order valence-electron chi connectivity index (χ3n) is 2.82. The summed E-state index contributed by atoms with van der Waals surface area (Å²) in [6.07, 6.45) is 1.36. The molecule has 1 aromatic carbocycles. The number of amides is 1. The Kier molecular flexibility index (Phi) is 5.22. The summed E-state index contributed by atoms with van der Waals surface area (Å²) in [7, 11) is 1.58. The third-order valence-corrected chi connectivity index (χ3v) is 2.82. The van der Waals surface area contributed by atoms with Crippen LogP contribution < -0.4 is 10.6 Å². The summed E-state index contributed by atoms with van der Waals surface area (Å²) >= 11 is 0. The number of rotatable bonds is 6. The largest absolute Gasteiger partial charge is 0.383 e. The molecule has 0 fully saturated rings. The lowest BCUT2D eigenvalue weighted by molar-refractivity contribution is 0.0932. The van der Waals surface area contributed by atoms with Crippen molar-refractivity contribution in [1.82, 2.24) is 15.3 Å². The van der Waals surface area contributed by atoms with E-state index in [1.165, 1.54) is 11.9 Å². The average Bonchev–Trinajstić information content (AvgIpc) is 2.50. The Bertz CT molecular complexity index is 599. The van der Waals surface area contributed by atoms with E-state index in [-0.39, 0.29) is 5.91 Å². The van der Waals surface area contributed by atoms with Gasteiger partial charge in [-0.25, -0.2) is 9.97 Å². The highest BCUT2D eigenvalue weighted by molar-refractivity contribution is 5.92. The van der Waals surface area contributed by atoms with Gasteiger partial charge in [-0.1, -0.05) is 17.7 Å². The van der Waals surface area contributed by atoms with Crippen LogP contribution in [-0.2, 0) is 4.74 Å². The first-order valence-electron chi connectivity index (χ1n) is 6.62. The van der Waals surface area contributed by atoms with Gasteiger partial charge in [0, 0.05) is 25.4 Å². The van der Waals surface area contributed by atoms with Crippen LogP contribution in [0.4, 0.5) is 11.5 Å². The van der Waals surface area contributed by atoms with E-state index >= 15 is 0 Å². The predicted molar refractivity (Wildman–Crippen MR) is 80.7 cm³/mol. The molecule has 21 heavy (non-hydrogen) atoms. The van der Waals surface area contributed by atoms with Crippen molar-refractivity contribution in [3.63, 3.8) is 0 Å². The number of carbonyl (C=O) groups excluding carboxylic acids is 1. The van der Waals surface area contributed by atoms with Gasteiger partial charge in [0.25, 0.3) is 5.91 Å². The molecule has 2 rings (SSSR count). The van der Waals surface area contributed by atoms with Crippen LogP contribution in [0.3, 0.4) is 0 Å². The molecular weight excluding hydrogens is 268 g/mol. The van der Waals surface area contributed by atoms with Crippen molar-refractivity contribution >= 4 is 17.4 Å². The molecule has 1 aromatic heterocycles. The normalized spacial score (nSPS) is 10.2. The molecule has 0 saturated carbocycles. The van der Waals surface area contributed by atoms with E-state index in [1.807, 2.05) is 31.2 Å². The average molecular weight is 286 g/mol. The minimum Gasteiger partial charge on any atom is -0.383 e. The van der Waals surface area contributed by atoms with Crippen molar-refractivity contribution in [3.8, 4) is 0 Å². The van der Waals surface area contributed by atoms with Crippen molar-refractivity contribution in [2.24, 2.45) is 0 Å². The first kappa shape index (κ1) is 14.9. The van der Waals surface area contributed by atoms with Gasteiger partial charge in [-0.3, -0.25) is 4.79 Å². The van der Waals surface area contributed by atoms with Crippen LogP contribution in [0.5, 0.6) is 0 Å². The molecule has 1 heterocycles. The zero-order valence-electron chi connectivity index (χ0n) is 12.1. The number of hydrogen-bond donors (Lipinski definition) is 2. The molecular formula is C15H18N4O2. The summed E-state index contributed by atoms with van der Waals surface area (Å²) in [5, 5.41) is 5.85. The maximum Gasteiger partial charge on any atom is 0.270 e. The van der Waals surface area contributed by atoms with Crippen LogP contribution in [0.15, 0.2) is 36.7 Å². The minimum absolute atomic E-state index is 0.249. The van der Waals surface area contributed by atoms with Crippen LogP contribution in [0.2, 0.25) is 0 Å².